The van der Waals surface area contributed by atoms with Crippen LogP contribution in [-0.4, -0.2) is 40.1 Å². The van der Waals surface area contributed by atoms with Crippen LogP contribution in [0.2, 0.25) is 0 Å². The van der Waals surface area contributed by atoms with Gasteiger partial charge < -0.3 is 4.90 Å². The zero-order chi connectivity index (χ0) is 13.3. The minimum Gasteiger partial charge on any atom is -0.325 e. The largest absolute Gasteiger partial charge is 0.325 e. The van der Waals surface area contributed by atoms with E-state index < -0.39 is 0 Å². The highest BCUT2D eigenvalue weighted by atomic mass is 32.2. The van der Waals surface area contributed by atoms with Gasteiger partial charge in [0.25, 0.3) is 0 Å². The molecule has 0 aliphatic carbocycles. The molecule has 0 radical (unpaired) electrons. The zero-order valence-corrected chi connectivity index (χ0v) is 12.8. The van der Waals surface area contributed by atoms with Crippen LogP contribution < -0.4 is 5.32 Å². The van der Waals surface area contributed by atoms with Crippen LogP contribution in [0.1, 0.15) is 47.0 Å². The lowest BCUT2D eigenvalue weighted by atomic mass is 9.99. The number of hydrogen-bond donors (Lipinski definition) is 1. The van der Waals surface area contributed by atoms with Gasteiger partial charge in [-0.25, -0.2) is 0 Å². The number of nitrogens with zero attached hydrogens (tertiary/aromatic N) is 1. The van der Waals surface area contributed by atoms with E-state index in [-0.39, 0.29) is 17.0 Å². The summed E-state index contributed by atoms with van der Waals surface area (Å²) in [6, 6.07) is 0.0278. The van der Waals surface area contributed by atoms with Crippen molar-refractivity contribution in [2.24, 2.45) is 5.92 Å². The molecule has 2 heterocycles. The Labute approximate surface area is 115 Å². The van der Waals surface area contributed by atoms with Gasteiger partial charge in [-0.05, 0) is 38.4 Å². The Balaban J connectivity index is 2.02. The molecule has 2 saturated heterocycles. The van der Waals surface area contributed by atoms with Crippen LogP contribution in [0.5, 0.6) is 0 Å². The Morgan fingerprint density at radius 1 is 1.61 bits per heavy atom. The van der Waals surface area contributed by atoms with Gasteiger partial charge in [0.1, 0.15) is 0 Å². The number of rotatable bonds is 4. The average molecular weight is 270 g/mol. The number of nitrogens with one attached hydrogen (secondary N) is 1. The highest BCUT2D eigenvalue weighted by Gasteiger charge is 2.42. The third kappa shape index (κ3) is 2.69. The summed E-state index contributed by atoms with van der Waals surface area (Å²) in [5.41, 5.74) is 0. The Kier molecular flexibility index (Phi) is 4.27. The summed E-state index contributed by atoms with van der Waals surface area (Å²) in [4.78, 5) is 14.6. The molecule has 3 nitrogen and oxygen atoms in total. The van der Waals surface area contributed by atoms with Gasteiger partial charge in [-0.1, -0.05) is 20.3 Å². The Morgan fingerprint density at radius 3 is 2.89 bits per heavy atom. The summed E-state index contributed by atoms with van der Waals surface area (Å²) in [5, 5.41) is 3.46. The van der Waals surface area contributed by atoms with E-state index in [1.54, 1.807) is 0 Å². The van der Waals surface area contributed by atoms with Crippen molar-refractivity contribution in [3.63, 3.8) is 0 Å². The summed E-state index contributed by atoms with van der Waals surface area (Å²) in [6.07, 6.45) is 3.77. The van der Waals surface area contributed by atoms with Crippen LogP contribution in [0, 0.1) is 5.92 Å². The van der Waals surface area contributed by atoms with E-state index >= 15 is 0 Å². The molecule has 0 saturated carbocycles. The van der Waals surface area contributed by atoms with Gasteiger partial charge in [0, 0.05) is 11.3 Å². The lowest BCUT2D eigenvalue weighted by Gasteiger charge is -2.31. The van der Waals surface area contributed by atoms with Crippen molar-refractivity contribution in [3.05, 3.63) is 0 Å². The third-order valence-corrected chi connectivity index (χ3v) is 5.98. The van der Waals surface area contributed by atoms with E-state index in [1.165, 1.54) is 18.6 Å². The van der Waals surface area contributed by atoms with Crippen molar-refractivity contribution in [2.45, 2.75) is 63.9 Å². The first-order chi connectivity index (χ1) is 8.47. The van der Waals surface area contributed by atoms with E-state index in [2.05, 4.69) is 37.9 Å². The molecule has 0 aromatic heterocycles. The zero-order valence-electron chi connectivity index (χ0n) is 12.0. The second kappa shape index (κ2) is 5.41. The molecule has 2 aliphatic heterocycles. The lowest BCUT2D eigenvalue weighted by molar-refractivity contribution is -0.131. The second-order valence-electron chi connectivity index (χ2n) is 6.07. The molecule has 4 unspecified atom stereocenters. The highest BCUT2D eigenvalue weighted by molar-refractivity contribution is 8.00. The van der Waals surface area contributed by atoms with Gasteiger partial charge in [-0.2, -0.15) is 11.8 Å². The molecule has 0 bridgehead atoms. The normalized spacial score (nSPS) is 38.4. The van der Waals surface area contributed by atoms with E-state index in [4.69, 9.17) is 0 Å². The predicted molar refractivity (Wildman–Crippen MR) is 77.7 cm³/mol. The van der Waals surface area contributed by atoms with Gasteiger partial charge in [0.2, 0.25) is 5.91 Å². The second-order valence-corrected chi connectivity index (χ2v) is 7.76. The molecule has 0 aromatic rings. The molecule has 4 heteroatoms. The van der Waals surface area contributed by atoms with Gasteiger partial charge in [0.15, 0.2) is 0 Å². The summed E-state index contributed by atoms with van der Waals surface area (Å²) in [6.45, 7) is 9.64. The smallest absolute Gasteiger partial charge is 0.241 e. The maximum Gasteiger partial charge on any atom is 0.241 e. The van der Waals surface area contributed by atoms with Crippen LogP contribution in [0.4, 0.5) is 0 Å². The standard InChI is InChI=1S/C14H26N2OS/c1-5-10(2)12-13(17)16(11(3)15-12)9-14(4)7-6-8-18-14/h10-12,15H,5-9H2,1-4H3. The van der Waals surface area contributed by atoms with E-state index in [0.29, 0.717) is 11.8 Å². The van der Waals surface area contributed by atoms with Gasteiger partial charge in [-0.15, -0.1) is 0 Å². The van der Waals surface area contributed by atoms with Crippen molar-refractivity contribution in [2.75, 3.05) is 12.3 Å². The predicted octanol–water partition coefficient (Wildman–Crippen LogP) is 2.46. The first-order valence-electron chi connectivity index (χ1n) is 7.17. The highest BCUT2D eigenvalue weighted by Crippen LogP contribution is 2.39. The summed E-state index contributed by atoms with van der Waals surface area (Å²) >= 11 is 2.03. The van der Waals surface area contributed by atoms with Crippen molar-refractivity contribution >= 4 is 17.7 Å². The summed E-state index contributed by atoms with van der Waals surface area (Å²) in [5.74, 6) is 1.98. The van der Waals surface area contributed by atoms with Gasteiger partial charge in [0.05, 0.1) is 12.2 Å². The third-order valence-electron chi connectivity index (χ3n) is 4.46. The monoisotopic (exact) mass is 270 g/mol. The first-order valence-corrected chi connectivity index (χ1v) is 8.16. The molecule has 4 atom stereocenters. The molecule has 0 aromatic carbocycles. The fraction of sp³-hybridized carbons (Fsp3) is 0.929. The topological polar surface area (TPSA) is 32.3 Å². The molecule has 1 N–H and O–H groups in total. The molecular weight excluding hydrogens is 244 g/mol. The molecule has 1 amide bonds. The van der Waals surface area contributed by atoms with Crippen molar-refractivity contribution in [1.82, 2.24) is 10.2 Å². The number of amides is 1. The molecule has 2 rings (SSSR count). The van der Waals surface area contributed by atoms with Crippen molar-refractivity contribution in [1.29, 1.82) is 0 Å². The lowest BCUT2D eigenvalue weighted by Crippen LogP contribution is -2.43. The number of carbonyl (C=O) groups is 1. The maximum atomic E-state index is 12.5. The summed E-state index contributed by atoms with van der Waals surface area (Å²) in [7, 11) is 0. The number of thioether (sulfide) groups is 1. The van der Waals surface area contributed by atoms with E-state index in [0.717, 1.165) is 13.0 Å². The SMILES string of the molecule is CCC(C)C1NC(C)N(CC2(C)CCCS2)C1=O. The fourth-order valence-electron chi connectivity index (χ4n) is 2.97. The quantitative estimate of drug-likeness (QED) is 0.852. The molecule has 2 aliphatic rings. The fourth-order valence-corrected chi connectivity index (χ4v) is 4.27. The average Bonchev–Trinajstić information content (AvgIpc) is 2.88. The minimum atomic E-state index is 0.0278. The van der Waals surface area contributed by atoms with Crippen molar-refractivity contribution < 1.29 is 4.79 Å². The minimum absolute atomic E-state index is 0.0278. The van der Waals surface area contributed by atoms with E-state index in [9.17, 15) is 4.79 Å². The Bertz CT molecular complexity index is 315. The van der Waals surface area contributed by atoms with Gasteiger partial charge >= 0.3 is 0 Å². The number of hydrogen-bond acceptors (Lipinski definition) is 3. The van der Waals surface area contributed by atoms with E-state index in [1.807, 2.05) is 11.8 Å². The van der Waals surface area contributed by atoms with Crippen LogP contribution >= 0.6 is 11.8 Å². The molecule has 2 fully saturated rings. The van der Waals surface area contributed by atoms with Crippen LogP contribution in [-0.2, 0) is 4.79 Å². The number of carbonyl (C=O) groups excluding carboxylic acids is 1. The van der Waals surface area contributed by atoms with Crippen LogP contribution in [0.3, 0.4) is 0 Å². The Morgan fingerprint density at radius 2 is 2.33 bits per heavy atom. The molecule has 104 valence electrons. The van der Waals surface area contributed by atoms with Gasteiger partial charge in [-0.3, -0.25) is 10.1 Å². The Hall–Kier alpha value is -0.220. The first kappa shape index (κ1) is 14.2. The van der Waals surface area contributed by atoms with Crippen molar-refractivity contribution in [3.8, 4) is 0 Å². The molecule has 0 spiro atoms. The molecule has 18 heavy (non-hydrogen) atoms. The summed E-state index contributed by atoms with van der Waals surface area (Å²) < 4.78 is 0.274. The molecular formula is C14H26N2OS. The van der Waals surface area contributed by atoms with Crippen LogP contribution in [0.15, 0.2) is 0 Å². The maximum absolute atomic E-state index is 12.5. The van der Waals surface area contributed by atoms with Crippen LogP contribution in [0.25, 0.3) is 0 Å².